The Morgan fingerprint density at radius 3 is 1.91 bits per heavy atom. The van der Waals surface area contributed by atoms with E-state index in [2.05, 4.69) is 20.9 Å². The predicted molar refractivity (Wildman–Crippen MR) is 123 cm³/mol. The molecule has 3 amide bonds. The van der Waals surface area contributed by atoms with E-state index in [4.69, 9.17) is 27.4 Å². The van der Waals surface area contributed by atoms with Gasteiger partial charge in [-0.1, -0.05) is 13.8 Å². The van der Waals surface area contributed by atoms with Crippen molar-refractivity contribution in [1.82, 2.24) is 16.0 Å². The number of guanidine groups is 1. The molecule has 0 spiro atoms. The van der Waals surface area contributed by atoms with Crippen LogP contribution in [-0.4, -0.2) is 76.5 Å². The van der Waals surface area contributed by atoms with Crippen LogP contribution in [0.15, 0.2) is 4.99 Å². The number of amides is 3. The van der Waals surface area contributed by atoms with Gasteiger partial charge in [-0.25, -0.2) is 0 Å². The lowest BCUT2D eigenvalue weighted by Gasteiger charge is -2.25. The van der Waals surface area contributed by atoms with E-state index >= 15 is 0 Å². The molecule has 0 aliphatic carbocycles. The zero-order chi connectivity index (χ0) is 26.4. The van der Waals surface area contributed by atoms with E-state index in [0.29, 0.717) is 6.42 Å². The van der Waals surface area contributed by atoms with E-state index in [1.807, 2.05) is 13.8 Å². The summed E-state index contributed by atoms with van der Waals surface area (Å²) >= 11 is 0. The van der Waals surface area contributed by atoms with Gasteiger partial charge in [0.05, 0.1) is 6.04 Å². The number of nitrogens with zero attached hydrogens (tertiary/aromatic N) is 1. The molecule has 0 aromatic carbocycles. The summed E-state index contributed by atoms with van der Waals surface area (Å²) < 4.78 is 0. The number of carboxylic acid groups (broad SMARTS) is 2. The maximum Gasteiger partial charge on any atom is 0.325 e. The van der Waals surface area contributed by atoms with Crippen molar-refractivity contribution in [3.8, 4) is 0 Å². The Kier molecular flexibility index (Phi) is 13.9. The Bertz CT molecular complexity index is 754. The highest BCUT2D eigenvalue weighted by Crippen LogP contribution is 2.08. The Morgan fingerprint density at radius 1 is 0.853 bits per heavy atom. The average Bonchev–Trinajstić information content (AvgIpc) is 2.72. The molecule has 0 saturated carbocycles. The maximum absolute atomic E-state index is 13.0. The molecule has 4 unspecified atom stereocenters. The van der Waals surface area contributed by atoms with Crippen molar-refractivity contribution < 1.29 is 34.2 Å². The van der Waals surface area contributed by atoms with E-state index in [1.165, 1.54) is 6.92 Å². The van der Waals surface area contributed by atoms with E-state index in [1.54, 1.807) is 0 Å². The summed E-state index contributed by atoms with van der Waals surface area (Å²) in [5.41, 5.74) is 16.3. The van der Waals surface area contributed by atoms with Gasteiger partial charge in [0.25, 0.3) is 0 Å². The number of nitrogens with two attached hydrogens (primary N) is 3. The number of hydrogen-bond donors (Lipinski definition) is 8. The lowest BCUT2D eigenvalue weighted by atomic mass is 10.0. The predicted octanol–water partition coefficient (Wildman–Crippen LogP) is -2.16. The third-order valence-corrected chi connectivity index (χ3v) is 4.65. The Labute approximate surface area is 198 Å². The number of aliphatic carboxylic acids is 2. The van der Waals surface area contributed by atoms with Crippen molar-refractivity contribution in [1.29, 1.82) is 0 Å². The molecule has 0 aliphatic heterocycles. The quantitative estimate of drug-likeness (QED) is 0.0664. The van der Waals surface area contributed by atoms with Crippen molar-refractivity contribution in [3.63, 3.8) is 0 Å². The molecule has 0 radical (unpaired) electrons. The summed E-state index contributed by atoms with van der Waals surface area (Å²) in [6.07, 6.45) is 0.166. The van der Waals surface area contributed by atoms with Crippen molar-refractivity contribution in [2.75, 3.05) is 6.54 Å². The van der Waals surface area contributed by atoms with Crippen LogP contribution in [0.2, 0.25) is 0 Å². The zero-order valence-electron chi connectivity index (χ0n) is 19.7. The van der Waals surface area contributed by atoms with Crippen molar-refractivity contribution in [2.24, 2.45) is 28.1 Å². The highest BCUT2D eigenvalue weighted by molar-refractivity contribution is 5.94. The number of nitrogens with one attached hydrogen (secondary N) is 3. The second-order valence-electron chi connectivity index (χ2n) is 8.31. The Balaban J connectivity index is 5.45. The highest BCUT2D eigenvalue weighted by atomic mass is 16.4. The number of carbonyl (C=O) groups is 5. The topological polar surface area (TPSA) is 252 Å². The van der Waals surface area contributed by atoms with Crippen LogP contribution in [0.1, 0.15) is 52.9 Å². The average molecular weight is 488 g/mol. The van der Waals surface area contributed by atoms with E-state index in [0.717, 1.165) is 0 Å². The minimum Gasteiger partial charge on any atom is -0.481 e. The summed E-state index contributed by atoms with van der Waals surface area (Å²) in [5.74, 6) is -4.60. The SMILES string of the molecule is CC(C)CC(NC(=O)C(CCCN=C(N)N)NC(=O)C(N)CCC(=O)O)C(=O)NC(C)C(=O)O. The molecule has 14 heteroatoms. The van der Waals surface area contributed by atoms with Crippen LogP contribution in [0.4, 0.5) is 0 Å². The highest BCUT2D eigenvalue weighted by Gasteiger charge is 2.29. The van der Waals surface area contributed by atoms with Gasteiger partial charge in [0.2, 0.25) is 17.7 Å². The molecule has 11 N–H and O–H groups in total. The molecule has 4 atom stereocenters. The first-order valence-corrected chi connectivity index (χ1v) is 10.9. The van der Waals surface area contributed by atoms with Gasteiger partial charge in [-0.2, -0.15) is 0 Å². The number of aliphatic imine (C=N–C) groups is 1. The van der Waals surface area contributed by atoms with Gasteiger partial charge < -0.3 is 43.4 Å². The van der Waals surface area contributed by atoms with Crippen molar-refractivity contribution in [2.45, 2.75) is 77.0 Å². The lowest BCUT2D eigenvalue weighted by molar-refractivity contribution is -0.142. The largest absolute Gasteiger partial charge is 0.481 e. The number of rotatable bonds is 16. The van der Waals surface area contributed by atoms with Crippen LogP contribution in [0.25, 0.3) is 0 Å². The van der Waals surface area contributed by atoms with E-state index < -0.39 is 53.8 Å². The first-order valence-electron chi connectivity index (χ1n) is 10.9. The van der Waals surface area contributed by atoms with Gasteiger partial charge in [0.1, 0.15) is 18.1 Å². The molecule has 0 aliphatic rings. The third kappa shape index (κ3) is 13.2. The number of carbonyl (C=O) groups excluding carboxylic acids is 3. The Hall–Kier alpha value is -3.42. The second-order valence-corrected chi connectivity index (χ2v) is 8.31. The van der Waals surface area contributed by atoms with Crippen molar-refractivity contribution in [3.05, 3.63) is 0 Å². The zero-order valence-corrected chi connectivity index (χ0v) is 19.7. The van der Waals surface area contributed by atoms with E-state index in [-0.39, 0.29) is 44.1 Å². The van der Waals surface area contributed by atoms with Gasteiger partial charge in [-0.15, -0.1) is 0 Å². The monoisotopic (exact) mass is 487 g/mol. The van der Waals surface area contributed by atoms with E-state index in [9.17, 15) is 24.0 Å². The fourth-order valence-corrected chi connectivity index (χ4v) is 2.81. The maximum atomic E-state index is 13.0. The molecule has 194 valence electrons. The van der Waals surface area contributed by atoms with Crippen LogP contribution >= 0.6 is 0 Å². The lowest BCUT2D eigenvalue weighted by Crippen LogP contribution is -2.57. The molecule has 14 nitrogen and oxygen atoms in total. The molecule has 0 heterocycles. The van der Waals surface area contributed by atoms with Gasteiger partial charge in [0, 0.05) is 13.0 Å². The molecular formula is C20H37N7O7. The van der Waals surface area contributed by atoms with Gasteiger partial charge in [-0.3, -0.25) is 29.0 Å². The standard InChI is InChI=1S/C20H37N7O7/c1-10(2)9-14(18(32)25-11(3)19(33)34)27-17(31)13(5-4-8-24-20(22)23)26-16(30)12(21)6-7-15(28)29/h10-14H,4-9,21H2,1-3H3,(H,25,32)(H,26,30)(H,27,31)(H,28,29)(H,33,34)(H4,22,23,24). The molecule has 0 aromatic heterocycles. The Morgan fingerprint density at radius 2 is 1.41 bits per heavy atom. The molecule has 0 saturated heterocycles. The molecule has 0 bridgehead atoms. The molecule has 0 aromatic rings. The summed E-state index contributed by atoms with van der Waals surface area (Å²) in [6, 6.07) is -4.49. The smallest absolute Gasteiger partial charge is 0.325 e. The summed E-state index contributed by atoms with van der Waals surface area (Å²) in [6.45, 7) is 5.12. The number of carboxylic acids is 2. The molecule has 0 fully saturated rings. The molecular weight excluding hydrogens is 450 g/mol. The van der Waals surface area contributed by atoms with Gasteiger partial charge >= 0.3 is 11.9 Å². The summed E-state index contributed by atoms with van der Waals surface area (Å²) in [5, 5.41) is 25.1. The molecule has 34 heavy (non-hydrogen) atoms. The first kappa shape index (κ1) is 30.6. The minimum atomic E-state index is -1.23. The minimum absolute atomic E-state index is 0.0180. The second kappa shape index (κ2) is 15.4. The van der Waals surface area contributed by atoms with Crippen LogP contribution in [-0.2, 0) is 24.0 Å². The fraction of sp³-hybridized carbons (Fsp3) is 0.700. The molecule has 0 rings (SSSR count). The van der Waals surface area contributed by atoms with Gasteiger partial charge in [0.15, 0.2) is 5.96 Å². The number of hydrogen-bond acceptors (Lipinski definition) is 7. The van der Waals surface area contributed by atoms with Crippen LogP contribution < -0.4 is 33.2 Å². The summed E-state index contributed by atoms with van der Waals surface area (Å²) in [4.78, 5) is 63.5. The van der Waals surface area contributed by atoms with Crippen LogP contribution in [0.3, 0.4) is 0 Å². The normalized spacial score (nSPS) is 14.3. The van der Waals surface area contributed by atoms with Crippen LogP contribution in [0.5, 0.6) is 0 Å². The fourth-order valence-electron chi connectivity index (χ4n) is 2.81. The first-order chi connectivity index (χ1) is 15.7. The van der Waals surface area contributed by atoms with Gasteiger partial charge in [-0.05, 0) is 38.5 Å². The summed E-state index contributed by atoms with van der Waals surface area (Å²) in [7, 11) is 0. The van der Waals surface area contributed by atoms with Crippen molar-refractivity contribution >= 4 is 35.6 Å². The van der Waals surface area contributed by atoms with Crippen LogP contribution in [0, 0.1) is 5.92 Å². The third-order valence-electron chi connectivity index (χ3n) is 4.65.